The first-order valence-corrected chi connectivity index (χ1v) is 27.8. The lowest BCUT2D eigenvalue weighted by Gasteiger charge is -2.18. The van der Waals surface area contributed by atoms with Gasteiger partial charge in [-0.3, -0.25) is 14.4 Å². The van der Waals surface area contributed by atoms with E-state index in [-0.39, 0.29) is 31.1 Å². The first kappa shape index (κ1) is 62.1. The molecule has 65 heavy (non-hydrogen) atoms. The molecule has 0 saturated heterocycles. The average Bonchev–Trinajstić information content (AvgIpc) is 3.30. The third-order valence-corrected chi connectivity index (χ3v) is 12.0. The van der Waals surface area contributed by atoms with Crippen LogP contribution in [0.1, 0.15) is 278 Å². The molecule has 376 valence electrons. The van der Waals surface area contributed by atoms with Crippen LogP contribution in [0, 0.1) is 0 Å². The van der Waals surface area contributed by atoms with Crippen LogP contribution in [0.3, 0.4) is 0 Å². The van der Waals surface area contributed by atoms with E-state index in [1.807, 2.05) is 0 Å². The molecule has 0 aromatic rings. The van der Waals surface area contributed by atoms with E-state index in [4.69, 9.17) is 14.2 Å². The molecule has 0 amide bonds. The molecule has 0 aromatic heterocycles. The molecule has 0 aliphatic rings. The summed E-state index contributed by atoms with van der Waals surface area (Å²) in [6, 6.07) is 0. The second-order valence-electron chi connectivity index (χ2n) is 18.5. The Hall–Kier alpha value is -2.89. The molecule has 0 radical (unpaired) electrons. The summed E-state index contributed by atoms with van der Waals surface area (Å²) >= 11 is 0. The number of carbonyl (C=O) groups is 3. The summed E-state index contributed by atoms with van der Waals surface area (Å²) in [4.78, 5) is 38.1. The molecular weight excluding hydrogens is 805 g/mol. The Labute approximate surface area is 402 Å². The Morgan fingerprint density at radius 1 is 0.308 bits per heavy atom. The summed E-state index contributed by atoms with van der Waals surface area (Å²) < 4.78 is 16.8. The van der Waals surface area contributed by atoms with Gasteiger partial charge in [-0.25, -0.2) is 0 Å². The van der Waals surface area contributed by atoms with E-state index in [0.29, 0.717) is 19.3 Å². The predicted molar refractivity (Wildman–Crippen MR) is 279 cm³/mol. The molecule has 0 heterocycles. The Morgan fingerprint density at radius 3 is 0.938 bits per heavy atom. The Morgan fingerprint density at radius 2 is 0.554 bits per heavy atom. The zero-order chi connectivity index (χ0) is 47.2. The monoisotopic (exact) mass is 909 g/mol. The van der Waals surface area contributed by atoms with Crippen LogP contribution < -0.4 is 0 Å². The van der Waals surface area contributed by atoms with Crippen LogP contribution in [0.25, 0.3) is 0 Å². The van der Waals surface area contributed by atoms with E-state index in [9.17, 15) is 14.4 Å². The van der Waals surface area contributed by atoms with Crippen molar-refractivity contribution in [2.45, 2.75) is 284 Å². The lowest BCUT2D eigenvalue weighted by atomic mass is 10.0. The lowest BCUT2D eigenvalue weighted by Crippen LogP contribution is -2.30. The zero-order valence-corrected chi connectivity index (χ0v) is 43.0. The number of ether oxygens (including phenoxy) is 3. The number of hydrogen-bond acceptors (Lipinski definition) is 6. The van der Waals surface area contributed by atoms with Crippen molar-refractivity contribution >= 4 is 17.9 Å². The van der Waals surface area contributed by atoms with Gasteiger partial charge >= 0.3 is 17.9 Å². The molecule has 0 aliphatic carbocycles. The molecule has 1 atom stereocenters. The van der Waals surface area contributed by atoms with Crippen molar-refractivity contribution in [3.8, 4) is 0 Å². The summed E-state index contributed by atoms with van der Waals surface area (Å²) in [6.07, 6.45) is 66.3. The van der Waals surface area contributed by atoms with Crippen molar-refractivity contribution in [3.05, 3.63) is 60.8 Å². The molecule has 0 aromatic carbocycles. The van der Waals surface area contributed by atoms with Gasteiger partial charge in [0.1, 0.15) is 13.2 Å². The van der Waals surface area contributed by atoms with E-state index in [2.05, 4.69) is 81.5 Å². The number of allylic oxidation sites excluding steroid dienone is 10. The fourth-order valence-corrected chi connectivity index (χ4v) is 7.77. The summed E-state index contributed by atoms with van der Waals surface area (Å²) in [5.74, 6) is -0.917. The largest absolute Gasteiger partial charge is 0.462 e. The summed E-state index contributed by atoms with van der Waals surface area (Å²) in [5.41, 5.74) is 0. The number of unbranched alkanes of at least 4 members (excludes halogenated alkanes) is 29. The smallest absolute Gasteiger partial charge is 0.306 e. The molecule has 0 bridgehead atoms. The fraction of sp³-hybridized carbons (Fsp3) is 0.780. The molecule has 0 fully saturated rings. The van der Waals surface area contributed by atoms with E-state index in [1.54, 1.807) is 0 Å². The minimum Gasteiger partial charge on any atom is -0.462 e. The van der Waals surface area contributed by atoms with Gasteiger partial charge in [-0.1, -0.05) is 229 Å². The van der Waals surface area contributed by atoms with Gasteiger partial charge in [0.2, 0.25) is 0 Å². The van der Waals surface area contributed by atoms with Crippen LogP contribution in [0.4, 0.5) is 0 Å². The third-order valence-electron chi connectivity index (χ3n) is 12.0. The second-order valence-corrected chi connectivity index (χ2v) is 18.5. The summed E-state index contributed by atoms with van der Waals surface area (Å²) in [5, 5.41) is 0. The van der Waals surface area contributed by atoms with Crippen molar-refractivity contribution in [2.75, 3.05) is 13.2 Å². The van der Waals surface area contributed by atoms with Crippen molar-refractivity contribution in [1.29, 1.82) is 0 Å². The van der Waals surface area contributed by atoms with Gasteiger partial charge in [0.15, 0.2) is 6.10 Å². The fourth-order valence-electron chi connectivity index (χ4n) is 7.77. The Balaban J connectivity index is 4.42. The van der Waals surface area contributed by atoms with Gasteiger partial charge < -0.3 is 14.2 Å². The predicted octanol–water partition coefficient (Wildman–Crippen LogP) is 18.4. The maximum absolute atomic E-state index is 12.8. The van der Waals surface area contributed by atoms with E-state index >= 15 is 0 Å². The quantitative estimate of drug-likeness (QED) is 0.0262. The highest BCUT2D eigenvalue weighted by molar-refractivity contribution is 5.71. The molecule has 0 N–H and O–H groups in total. The average molecular weight is 909 g/mol. The SMILES string of the molecule is CCCCC/C=C\C/C=C\C/C=C\C/C=C\CCCCCC(=O)OC[C@@H](COC(=O)CCCCCCC/C=C\CCCCCC)OC(=O)CCCCCCCCCCCCCCCCC. The Bertz CT molecular complexity index is 1180. The van der Waals surface area contributed by atoms with Gasteiger partial charge in [0.05, 0.1) is 0 Å². The van der Waals surface area contributed by atoms with Crippen LogP contribution in [0.2, 0.25) is 0 Å². The van der Waals surface area contributed by atoms with Gasteiger partial charge in [-0.15, -0.1) is 0 Å². The first-order chi connectivity index (χ1) is 32.0. The van der Waals surface area contributed by atoms with Crippen LogP contribution >= 0.6 is 0 Å². The van der Waals surface area contributed by atoms with Crippen molar-refractivity contribution in [1.82, 2.24) is 0 Å². The normalized spacial score (nSPS) is 12.5. The van der Waals surface area contributed by atoms with Crippen molar-refractivity contribution in [2.24, 2.45) is 0 Å². The number of rotatable bonds is 50. The van der Waals surface area contributed by atoms with Gasteiger partial charge in [-0.05, 0) is 89.9 Å². The molecule has 0 spiro atoms. The van der Waals surface area contributed by atoms with Gasteiger partial charge in [0.25, 0.3) is 0 Å². The first-order valence-electron chi connectivity index (χ1n) is 27.8. The lowest BCUT2D eigenvalue weighted by molar-refractivity contribution is -0.167. The van der Waals surface area contributed by atoms with Gasteiger partial charge in [-0.2, -0.15) is 0 Å². The van der Waals surface area contributed by atoms with Crippen LogP contribution in [-0.2, 0) is 28.6 Å². The molecule has 0 unspecified atom stereocenters. The number of esters is 3. The van der Waals surface area contributed by atoms with Gasteiger partial charge in [0, 0.05) is 19.3 Å². The van der Waals surface area contributed by atoms with Crippen molar-refractivity contribution in [3.63, 3.8) is 0 Å². The number of hydrogen-bond donors (Lipinski definition) is 0. The Kier molecular flexibility index (Phi) is 51.3. The van der Waals surface area contributed by atoms with Crippen LogP contribution in [0.5, 0.6) is 0 Å². The molecular formula is C59H104O6. The topological polar surface area (TPSA) is 78.9 Å². The highest BCUT2D eigenvalue weighted by Gasteiger charge is 2.19. The minimum absolute atomic E-state index is 0.0867. The highest BCUT2D eigenvalue weighted by Crippen LogP contribution is 2.15. The molecule has 0 rings (SSSR count). The molecule has 0 saturated carbocycles. The maximum atomic E-state index is 12.8. The third kappa shape index (κ3) is 51.9. The molecule has 6 heteroatoms. The summed E-state index contributed by atoms with van der Waals surface area (Å²) in [6.45, 7) is 6.58. The minimum atomic E-state index is -0.788. The molecule has 0 aliphatic heterocycles. The van der Waals surface area contributed by atoms with E-state index in [0.717, 1.165) is 89.9 Å². The van der Waals surface area contributed by atoms with E-state index in [1.165, 1.54) is 148 Å². The molecule has 6 nitrogen and oxygen atoms in total. The maximum Gasteiger partial charge on any atom is 0.306 e. The van der Waals surface area contributed by atoms with E-state index < -0.39 is 6.10 Å². The number of carbonyl (C=O) groups excluding carboxylic acids is 3. The van der Waals surface area contributed by atoms with Crippen LogP contribution in [-0.4, -0.2) is 37.2 Å². The van der Waals surface area contributed by atoms with Crippen molar-refractivity contribution < 1.29 is 28.6 Å². The summed E-state index contributed by atoms with van der Waals surface area (Å²) in [7, 11) is 0. The van der Waals surface area contributed by atoms with Crippen LogP contribution in [0.15, 0.2) is 60.8 Å². The highest BCUT2D eigenvalue weighted by atomic mass is 16.6. The second kappa shape index (κ2) is 53.7. The zero-order valence-electron chi connectivity index (χ0n) is 43.0. The standard InChI is InChI=1S/C59H104O6/c1-4-7-10-13-16-19-22-25-27-28-29-30-32-34-37-40-43-46-49-52-58(61)64-55-56(54-63-57(60)51-48-45-42-39-36-33-24-21-18-15-12-9-6-3)65-59(62)53-50-47-44-41-38-35-31-26-23-20-17-14-11-8-5-2/h16,19,21,24-25,27,29-30,34,37,56H,4-15,17-18,20,22-23,26,28,31-33,35-36,38-55H2,1-3H3/b19-16-,24-21-,27-25-,30-29-,37-34-/t56-/m1/s1.